The highest BCUT2D eigenvalue weighted by molar-refractivity contribution is 7.89. The van der Waals surface area contributed by atoms with Gasteiger partial charge in [0.05, 0.1) is 11.5 Å². The highest BCUT2D eigenvalue weighted by Gasteiger charge is 2.17. The summed E-state index contributed by atoms with van der Waals surface area (Å²) in [6.07, 6.45) is 2.94. The second kappa shape index (κ2) is 9.35. The van der Waals surface area contributed by atoms with E-state index in [9.17, 15) is 8.42 Å². The zero-order valence-corrected chi connectivity index (χ0v) is 14.5. The molecule has 1 aromatic rings. The van der Waals surface area contributed by atoms with E-state index in [0.717, 1.165) is 32.4 Å². The molecule has 1 aliphatic heterocycles. The summed E-state index contributed by atoms with van der Waals surface area (Å²) < 4.78 is 32.4. The Morgan fingerprint density at radius 2 is 2.05 bits per heavy atom. The third-order valence-electron chi connectivity index (χ3n) is 3.61. The molecule has 0 amide bonds. The smallest absolute Gasteiger partial charge is 0.240 e. The van der Waals surface area contributed by atoms with Crippen LogP contribution in [0.25, 0.3) is 0 Å². The van der Waals surface area contributed by atoms with E-state index in [1.54, 1.807) is 24.3 Å². The van der Waals surface area contributed by atoms with E-state index >= 15 is 0 Å². The topological polar surface area (TPSA) is 67.4 Å². The van der Waals surface area contributed by atoms with Gasteiger partial charge in [-0.3, -0.25) is 0 Å². The number of sulfonamides is 1. The molecular weight excluding hydrogens is 324 g/mol. The van der Waals surface area contributed by atoms with Crippen LogP contribution >= 0.6 is 12.4 Å². The normalized spacial score (nSPS) is 18.0. The Hall–Kier alpha value is -0.820. The number of rotatable bonds is 8. The van der Waals surface area contributed by atoms with Crippen LogP contribution in [0, 0.1) is 5.92 Å². The van der Waals surface area contributed by atoms with Crippen molar-refractivity contribution in [2.45, 2.75) is 31.1 Å². The van der Waals surface area contributed by atoms with Gasteiger partial charge < -0.3 is 10.1 Å². The fraction of sp³-hybridized carbons (Fsp3) is 0.600. The molecule has 7 heteroatoms. The van der Waals surface area contributed by atoms with Crippen LogP contribution in [0.3, 0.4) is 0 Å². The second-order valence-electron chi connectivity index (χ2n) is 5.37. The molecule has 5 nitrogen and oxygen atoms in total. The fourth-order valence-electron chi connectivity index (χ4n) is 2.38. The molecule has 0 radical (unpaired) electrons. The van der Waals surface area contributed by atoms with Crippen molar-refractivity contribution in [2.75, 3.05) is 26.2 Å². The first kappa shape index (κ1) is 19.2. The predicted octanol–water partition coefficient (Wildman–Crippen LogP) is 2.18. The van der Waals surface area contributed by atoms with Gasteiger partial charge in [-0.25, -0.2) is 13.1 Å². The Balaban J connectivity index is 0.00000242. The Labute approximate surface area is 139 Å². The van der Waals surface area contributed by atoms with Gasteiger partial charge in [0.25, 0.3) is 0 Å². The van der Waals surface area contributed by atoms with Crippen LogP contribution < -0.4 is 14.8 Å². The van der Waals surface area contributed by atoms with Gasteiger partial charge in [0.1, 0.15) is 5.75 Å². The summed E-state index contributed by atoms with van der Waals surface area (Å²) in [5.41, 5.74) is 0. The van der Waals surface area contributed by atoms with Gasteiger partial charge in [0.2, 0.25) is 10.0 Å². The van der Waals surface area contributed by atoms with Crippen LogP contribution in [0.4, 0.5) is 0 Å². The maximum Gasteiger partial charge on any atom is 0.240 e. The molecule has 1 fully saturated rings. The molecule has 1 saturated heterocycles. The minimum absolute atomic E-state index is 0. The van der Waals surface area contributed by atoms with Gasteiger partial charge in [-0.05, 0) is 62.5 Å². The second-order valence-corrected chi connectivity index (χ2v) is 7.13. The molecule has 0 spiro atoms. The van der Waals surface area contributed by atoms with Crippen LogP contribution in [0.15, 0.2) is 29.2 Å². The van der Waals surface area contributed by atoms with Crippen molar-refractivity contribution < 1.29 is 13.2 Å². The van der Waals surface area contributed by atoms with Crippen LogP contribution in [0.5, 0.6) is 5.75 Å². The average Bonchev–Trinajstić information content (AvgIpc) is 2.98. The first-order chi connectivity index (χ1) is 10.1. The quantitative estimate of drug-likeness (QED) is 0.755. The highest BCUT2D eigenvalue weighted by Crippen LogP contribution is 2.17. The van der Waals surface area contributed by atoms with E-state index < -0.39 is 10.0 Å². The summed E-state index contributed by atoms with van der Waals surface area (Å²) in [5, 5.41) is 3.28. The molecule has 0 aliphatic carbocycles. The SMILES string of the molecule is CCCOc1ccc(S(=O)(=O)NCCC2CCNC2)cc1.Cl. The largest absolute Gasteiger partial charge is 0.494 e. The zero-order chi connectivity index (χ0) is 15.1. The number of halogens is 1. The molecule has 1 atom stereocenters. The zero-order valence-electron chi connectivity index (χ0n) is 12.9. The first-order valence-corrected chi connectivity index (χ1v) is 9.03. The molecule has 0 bridgehead atoms. The van der Waals surface area contributed by atoms with E-state index in [4.69, 9.17) is 4.74 Å². The lowest BCUT2D eigenvalue weighted by Gasteiger charge is -2.10. The van der Waals surface area contributed by atoms with Crippen LogP contribution in [-0.2, 0) is 10.0 Å². The maximum atomic E-state index is 12.2. The third kappa shape index (κ3) is 5.76. The molecule has 0 aromatic heterocycles. The number of nitrogens with one attached hydrogen (secondary N) is 2. The van der Waals surface area contributed by atoms with Crippen LogP contribution in [0.2, 0.25) is 0 Å². The van der Waals surface area contributed by atoms with Crippen molar-refractivity contribution in [1.82, 2.24) is 10.0 Å². The molecule has 1 heterocycles. The van der Waals surface area contributed by atoms with Gasteiger partial charge >= 0.3 is 0 Å². The molecular formula is C15H25ClN2O3S. The number of benzene rings is 1. The van der Waals surface area contributed by atoms with Gasteiger partial charge in [0.15, 0.2) is 0 Å². The van der Waals surface area contributed by atoms with Gasteiger partial charge in [-0.1, -0.05) is 6.92 Å². The van der Waals surface area contributed by atoms with Crippen LogP contribution in [-0.4, -0.2) is 34.7 Å². The van der Waals surface area contributed by atoms with Gasteiger partial charge in [-0.2, -0.15) is 0 Å². The Morgan fingerprint density at radius 1 is 1.32 bits per heavy atom. The summed E-state index contributed by atoms with van der Waals surface area (Å²) in [4.78, 5) is 0.288. The monoisotopic (exact) mass is 348 g/mol. The highest BCUT2D eigenvalue weighted by atomic mass is 35.5. The fourth-order valence-corrected chi connectivity index (χ4v) is 3.42. The first-order valence-electron chi connectivity index (χ1n) is 7.55. The molecule has 126 valence electrons. The van der Waals surface area contributed by atoms with Crippen molar-refractivity contribution in [3.8, 4) is 5.75 Å². The minimum Gasteiger partial charge on any atom is -0.494 e. The standard InChI is InChI=1S/C15H24N2O3S.ClH/c1-2-11-20-14-3-5-15(6-4-14)21(18,19)17-10-8-13-7-9-16-12-13;/h3-6,13,16-17H,2,7-12H2,1H3;1H. The average molecular weight is 349 g/mol. The number of ether oxygens (including phenoxy) is 1. The maximum absolute atomic E-state index is 12.2. The van der Waals surface area contributed by atoms with Crippen molar-refractivity contribution in [1.29, 1.82) is 0 Å². The van der Waals surface area contributed by atoms with Gasteiger partial charge in [0, 0.05) is 6.54 Å². The van der Waals surface area contributed by atoms with E-state index in [1.807, 2.05) is 6.92 Å². The Morgan fingerprint density at radius 3 is 2.64 bits per heavy atom. The van der Waals surface area contributed by atoms with E-state index in [2.05, 4.69) is 10.0 Å². The number of hydrogen-bond donors (Lipinski definition) is 2. The van der Waals surface area contributed by atoms with Crippen LogP contribution in [0.1, 0.15) is 26.2 Å². The lowest BCUT2D eigenvalue weighted by molar-refractivity contribution is 0.317. The molecule has 22 heavy (non-hydrogen) atoms. The molecule has 1 aliphatic rings. The van der Waals surface area contributed by atoms with Crippen molar-refractivity contribution in [2.24, 2.45) is 5.92 Å². The Kier molecular flexibility index (Phi) is 8.17. The molecule has 2 N–H and O–H groups in total. The summed E-state index contributed by atoms with van der Waals surface area (Å²) in [6.45, 7) is 5.19. The molecule has 2 rings (SSSR count). The van der Waals surface area contributed by atoms with Crippen molar-refractivity contribution in [3.63, 3.8) is 0 Å². The minimum atomic E-state index is -3.42. The summed E-state index contributed by atoms with van der Waals surface area (Å²) in [6, 6.07) is 6.57. The predicted molar refractivity (Wildman–Crippen MR) is 90.3 cm³/mol. The summed E-state index contributed by atoms with van der Waals surface area (Å²) in [5.74, 6) is 1.28. The number of hydrogen-bond acceptors (Lipinski definition) is 4. The third-order valence-corrected chi connectivity index (χ3v) is 5.09. The van der Waals surface area contributed by atoms with E-state index in [1.165, 1.54) is 0 Å². The molecule has 1 unspecified atom stereocenters. The van der Waals surface area contributed by atoms with E-state index in [-0.39, 0.29) is 17.3 Å². The summed E-state index contributed by atoms with van der Waals surface area (Å²) >= 11 is 0. The lowest BCUT2D eigenvalue weighted by Crippen LogP contribution is -2.26. The van der Waals surface area contributed by atoms with E-state index in [0.29, 0.717) is 24.8 Å². The Bertz CT molecular complexity index is 528. The molecule has 0 saturated carbocycles. The van der Waals surface area contributed by atoms with Gasteiger partial charge in [-0.15, -0.1) is 12.4 Å². The van der Waals surface area contributed by atoms with Crippen molar-refractivity contribution in [3.05, 3.63) is 24.3 Å². The lowest BCUT2D eigenvalue weighted by atomic mass is 10.1. The van der Waals surface area contributed by atoms with Crippen molar-refractivity contribution >= 4 is 22.4 Å². The molecule has 1 aromatic carbocycles. The summed E-state index contributed by atoms with van der Waals surface area (Å²) in [7, 11) is -3.42.